The number of β-amino-alcohol motifs (C(OH)–C–C–N with tert-alkyl or cyclic N) is 1. The van der Waals surface area contributed by atoms with Crippen LogP contribution in [0.1, 0.15) is 22.4 Å². The number of aryl methyl sites for hydroxylation is 1. The van der Waals surface area contributed by atoms with Gasteiger partial charge in [-0.05, 0) is 42.2 Å². The molecule has 1 atom stereocenters. The second-order valence-electron chi connectivity index (χ2n) is 7.31. The fourth-order valence-corrected chi connectivity index (χ4v) is 4.69. The molecule has 4 rings (SSSR count). The van der Waals surface area contributed by atoms with Crippen LogP contribution in [0.2, 0.25) is 0 Å². The Morgan fingerprint density at radius 3 is 2.96 bits per heavy atom. The maximum Gasteiger partial charge on any atom is 0.220 e. The summed E-state index contributed by atoms with van der Waals surface area (Å²) in [6.45, 7) is 2.69. The molecule has 146 valence electrons. The van der Waals surface area contributed by atoms with Crippen molar-refractivity contribution in [1.82, 2.24) is 15.2 Å². The van der Waals surface area contributed by atoms with Gasteiger partial charge in [-0.3, -0.25) is 14.7 Å². The molecule has 1 aromatic carbocycles. The number of hydrogen-bond acceptors (Lipinski definition) is 5. The van der Waals surface area contributed by atoms with E-state index < -0.39 is 6.10 Å². The molecule has 1 aliphatic heterocycles. The van der Waals surface area contributed by atoms with Crippen molar-refractivity contribution in [1.29, 1.82) is 0 Å². The first kappa shape index (κ1) is 19.1. The number of aliphatic hydroxyl groups excluding tert-OH is 1. The summed E-state index contributed by atoms with van der Waals surface area (Å²) in [4.78, 5) is 19.9. The average molecular weight is 396 g/mol. The number of carbonyl (C=O) groups excluding carboxylic acids is 1. The van der Waals surface area contributed by atoms with E-state index in [1.165, 1.54) is 11.1 Å². The molecule has 1 amide bonds. The molecule has 3 aromatic rings. The molecule has 0 fully saturated rings. The van der Waals surface area contributed by atoms with Crippen LogP contribution in [-0.2, 0) is 24.2 Å². The number of amides is 1. The van der Waals surface area contributed by atoms with Crippen molar-refractivity contribution in [3.05, 3.63) is 64.7 Å². The van der Waals surface area contributed by atoms with Gasteiger partial charge in [0.2, 0.25) is 5.91 Å². The van der Waals surface area contributed by atoms with Gasteiger partial charge in [-0.1, -0.05) is 24.3 Å². The average Bonchev–Trinajstić information content (AvgIpc) is 3.14. The second-order valence-corrected chi connectivity index (χ2v) is 8.48. The van der Waals surface area contributed by atoms with Crippen molar-refractivity contribution in [3.63, 3.8) is 0 Å². The minimum Gasteiger partial charge on any atom is -0.390 e. The molecule has 0 saturated carbocycles. The summed E-state index contributed by atoms with van der Waals surface area (Å²) in [6.07, 6.45) is 3.37. The lowest BCUT2D eigenvalue weighted by molar-refractivity contribution is -0.121. The van der Waals surface area contributed by atoms with Crippen molar-refractivity contribution in [3.8, 4) is 0 Å². The Balaban J connectivity index is 1.19. The van der Waals surface area contributed by atoms with Crippen molar-refractivity contribution < 1.29 is 9.90 Å². The molecule has 5 nitrogen and oxygen atoms in total. The summed E-state index contributed by atoms with van der Waals surface area (Å²) in [7, 11) is 0. The zero-order chi connectivity index (χ0) is 19.3. The third-order valence-electron chi connectivity index (χ3n) is 5.15. The number of nitrogens with one attached hydrogen (secondary N) is 1. The number of rotatable bonds is 7. The number of nitrogens with zero attached hydrogens (tertiary/aromatic N) is 2. The first-order valence-corrected chi connectivity index (χ1v) is 10.6. The number of fused-ring (bicyclic) bond motifs is 2. The van der Waals surface area contributed by atoms with Crippen LogP contribution in [0.25, 0.3) is 10.2 Å². The second kappa shape index (κ2) is 8.82. The molecule has 0 saturated heterocycles. The van der Waals surface area contributed by atoms with E-state index in [0.29, 0.717) is 25.9 Å². The summed E-state index contributed by atoms with van der Waals surface area (Å²) in [6, 6.07) is 14.5. The van der Waals surface area contributed by atoms with Crippen LogP contribution < -0.4 is 5.32 Å². The van der Waals surface area contributed by atoms with Crippen LogP contribution in [0.4, 0.5) is 0 Å². The summed E-state index contributed by atoms with van der Waals surface area (Å²) >= 11 is 1.68. The summed E-state index contributed by atoms with van der Waals surface area (Å²) in [5, 5.41) is 13.2. The lowest BCUT2D eigenvalue weighted by Gasteiger charge is -2.30. The van der Waals surface area contributed by atoms with Crippen molar-refractivity contribution in [2.24, 2.45) is 0 Å². The summed E-state index contributed by atoms with van der Waals surface area (Å²) < 4.78 is 1.15. The molecule has 3 heterocycles. The predicted octanol–water partition coefficient (Wildman–Crippen LogP) is 2.76. The van der Waals surface area contributed by atoms with E-state index >= 15 is 0 Å². The van der Waals surface area contributed by atoms with E-state index in [9.17, 15) is 9.90 Å². The van der Waals surface area contributed by atoms with Crippen LogP contribution in [0.5, 0.6) is 0 Å². The highest BCUT2D eigenvalue weighted by Gasteiger charge is 2.18. The number of carbonyl (C=O) groups is 1. The Morgan fingerprint density at radius 2 is 2.11 bits per heavy atom. The Hall–Kier alpha value is -2.28. The zero-order valence-electron chi connectivity index (χ0n) is 15.8. The smallest absolute Gasteiger partial charge is 0.220 e. The molecule has 0 spiro atoms. The highest BCUT2D eigenvalue weighted by molar-refractivity contribution is 7.19. The number of benzene rings is 1. The van der Waals surface area contributed by atoms with Crippen molar-refractivity contribution in [2.45, 2.75) is 31.9 Å². The predicted molar refractivity (Wildman–Crippen MR) is 112 cm³/mol. The zero-order valence-corrected chi connectivity index (χ0v) is 16.6. The van der Waals surface area contributed by atoms with Crippen LogP contribution in [0.15, 0.2) is 48.7 Å². The van der Waals surface area contributed by atoms with Gasteiger partial charge >= 0.3 is 0 Å². The highest BCUT2D eigenvalue weighted by atomic mass is 32.1. The molecule has 1 aliphatic rings. The standard InChI is InChI=1S/C22H25N3O2S/c26-18(15-25-11-9-16-4-1-2-5-17(16)14-25)13-24-22(27)8-7-19-12-20-21(28-19)6-3-10-23-20/h1-6,10,12,18,26H,7-9,11,13-15H2,(H,24,27)/t18-/m0/s1. The number of thiophene rings is 1. The molecule has 28 heavy (non-hydrogen) atoms. The van der Waals surface area contributed by atoms with Crippen LogP contribution >= 0.6 is 11.3 Å². The van der Waals surface area contributed by atoms with Crippen LogP contribution in [-0.4, -0.2) is 46.6 Å². The maximum absolute atomic E-state index is 12.1. The van der Waals surface area contributed by atoms with Gasteiger partial charge in [0.25, 0.3) is 0 Å². The molecule has 6 heteroatoms. The van der Waals surface area contributed by atoms with Gasteiger partial charge in [-0.15, -0.1) is 11.3 Å². The minimum absolute atomic E-state index is 0.0199. The van der Waals surface area contributed by atoms with E-state index in [2.05, 4.69) is 45.5 Å². The van der Waals surface area contributed by atoms with Gasteiger partial charge in [0.15, 0.2) is 0 Å². The number of aromatic nitrogens is 1. The molecule has 0 radical (unpaired) electrons. The van der Waals surface area contributed by atoms with E-state index in [0.717, 1.165) is 34.6 Å². The van der Waals surface area contributed by atoms with E-state index in [1.54, 1.807) is 17.5 Å². The van der Waals surface area contributed by atoms with Gasteiger partial charge in [0.1, 0.15) is 0 Å². The first-order chi connectivity index (χ1) is 13.7. The fraction of sp³-hybridized carbons (Fsp3) is 0.364. The molecule has 0 aliphatic carbocycles. The van der Waals surface area contributed by atoms with Gasteiger partial charge in [0.05, 0.1) is 16.3 Å². The lowest BCUT2D eigenvalue weighted by atomic mass is 10.00. The fourth-order valence-electron chi connectivity index (χ4n) is 3.67. The van der Waals surface area contributed by atoms with Gasteiger partial charge in [-0.25, -0.2) is 0 Å². The number of pyridine rings is 1. The van der Waals surface area contributed by atoms with Crippen molar-refractivity contribution >= 4 is 27.5 Å². The van der Waals surface area contributed by atoms with E-state index in [4.69, 9.17) is 0 Å². The quantitative estimate of drug-likeness (QED) is 0.646. The Morgan fingerprint density at radius 1 is 1.25 bits per heavy atom. The Labute approximate surface area is 169 Å². The Bertz CT molecular complexity index is 923. The third-order valence-corrected chi connectivity index (χ3v) is 6.30. The highest BCUT2D eigenvalue weighted by Crippen LogP contribution is 2.24. The van der Waals surface area contributed by atoms with Crippen LogP contribution in [0.3, 0.4) is 0 Å². The van der Waals surface area contributed by atoms with Gasteiger partial charge in [-0.2, -0.15) is 0 Å². The van der Waals surface area contributed by atoms with Crippen molar-refractivity contribution in [2.75, 3.05) is 19.6 Å². The third kappa shape index (κ3) is 4.76. The monoisotopic (exact) mass is 395 g/mol. The number of hydrogen-bond donors (Lipinski definition) is 2. The molecular formula is C22H25N3O2S. The van der Waals surface area contributed by atoms with Gasteiger partial charge < -0.3 is 10.4 Å². The summed E-state index contributed by atoms with van der Waals surface area (Å²) in [5.41, 5.74) is 3.72. The number of aliphatic hydroxyl groups is 1. The maximum atomic E-state index is 12.1. The minimum atomic E-state index is -0.553. The summed E-state index contributed by atoms with van der Waals surface area (Å²) in [5.74, 6) is -0.0199. The van der Waals surface area contributed by atoms with E-state index in [1.807, 2.05) is 12.1 Å². The molecule has 2 aromatic heterocycles. The first-order valence-electron chi connectivity index (χ1n) is 9.75. The largest absolute Gasteiger partial charge is 0.390 e. The van der Waals surface area contributed by atoms with Gasteiger partial charge in [0, 0.05) is 43.7 Å². The molecule has 2 N–H and O–H groups in total. The van der Waals surface area contributed by atoms with Crippen LogP contribution in [0, 0.1) is 0 Å². The molecule has 0 unspecified atom stereocenters. The molecular weight excluding hydrogens is 370 g/mol. The molecule has 0 bridgehead atoms. The SMILES string of the molecule is O=C(CCc1cc2ncccc2s1)NC[C@H](O)CN1CCc2ccccc2C1. The topological polar surface area (TPSA) is 65.5 Å². The Kier molecular flexibility index (Phi) is 6.00. The normalized spacial score (nSPS) is 15.3. The van der Waals surface area contributed by atoms with E-state index in [-0.39, 0.29) is 5.91 Å². The lowest BCUT2D eigenvalue weighted by Crippen LogP contribution is -2.42.